The highest BCUT2D eigenvalue weighted by Crippen LogP contribution is 2.41. The minimum Gasteiger partial charge on any atom is -0.383 e. The molecular formula is C82H61F3N26. The van der Waals surface area contributed by atoms with Gasteiger partial charge in [0, 0.05) is 72.4 Å². The van der Waals surface area contributed by atoms with E-state index in [1.54, 1.807) is 35.3 Å². The molecule has 0 radical (unpaired) electrons. The number of imidazole rings is 2. The zero-order valence-electron chi connectivity index (χ0n) is 58.7. The van der Waals surface area contributed by atoms with Gasteiger partial charge in [0.25, 0.3) is 0 Å². The quantitative estimate of drug-likeness (QED) is 0.0563. The Labute approximate surface area is 626 Å². The molecule has 540 valence electrons. The van der Waals surface area contributed by atoms with Crippen molar-refractivity contribution in [3.63, 3.8) is 0 Å². The molecule has 0 aliphatic rings. The number of nitrogens with two attached hydrogens (primary N) is 5. The number of hydrogen-bond acceptors (Lipinski definition) is 20. The number of nitrogens with one attached hydrogen (secondary N) is 3. The number of halogens is 3. The SMILES string of the molecule is Cc1ccccc1-c1nc2ccccc2cc1Cn1nc(-c2ccc3nc(N)[nH]c3c2)c2c(N)ncnc21.Nc1nc2ccc(-c3nn(Cc4cc5ccccc5nc4-c4ccccc4C(F)(F)F)c4ncnc(N)c34)cc2[nH]1.Nc1ncnc2c1c(-c1cn[nH]c1)nn2Cc1cc2ccccc2nc1-c1ccccc1. The van der Waals surface area contributed by atoms with E-state index in [9.17, 15) is 13.2 Å². The van der Waals surface area contributed by atoms with Gasteiger partial charge in [-0.1, -0.05) is 140 Å². The van der Waals surface area contributed by atoms with E-state index in [-0.39, 0.29) is 29.6 Å². The first-order chi connectivity index (χ1) is 54.1. The van der Waals surface area contributed by atoms with E-state index >= 15 is 0 Å². The van der Waals surface area contributed by atoms with Gasteiger partial charge in [-0.15, -0.1) is 0 Å². The van der Waals surface area contributed by atoms with Crippen LogP contribution in [0.25, 0.3) is 155 Å². The number of aromatic amines is 3. The minimum absolute atomic E-state index is 0.0196. The average molecular weight is 1470 g/mol. The highest BCUT2D eigenvalue weighted by atomic mass is 19.4. The summed E-state index contributed by atoms with van der Waals surface area (Å²) in [6, 6.07) is 64.9. The summed E-state index contributed by atoms with van der Waals surface area (Å²) in [5.74, 6) is 1.63. The van der Waals surface area contributed by atoms with E-state index in [1.165, 1.54) is 31.1 Å². The third-order valence-corrected chi connectivity index (χ3v) is 19.3. The van der Waals surface area contributed by atoms with E-state index < -0.39 is 11.7 Å². The third-order valence-electron chi connectivity index (χ3n) is 19.3. The van der Waals surface area contributed by atoms with Crippen molar-refractivity contribution in [2.45, 2.75) is 32.7 Å². The third kappa shape index (κ3) is 12.7. The summed E-state index contributed by atoms with van der Waals surface area (Å²) in [5, 5.41) is 26.4. The summed E-state index contributed by atoms with van der Waals surface area (Å²) >= 11 is 0. The lowest BCUT2D eigenvalue weighted by Crippen LogP contribution is -2.10. The predicted molar refractivity (Wildman–Crippen MR) is 424 cm³/mol. The zero-order valence-corrected chi connectivity index (χ0v) is 58.7. The Kier molecular flexibility index (Phi) is 16.7. The Morgan fingerprint density at radius 3 is 1.23 bits per heavy atom. The number of rotatable bonds is 12. The molecule has 0 aliphatic carbocycles. The van der Waals surface area contributed by atoms with Crippen molar-refractivity contribution in [2.24, 2.45) is 0 Å². The van der Waals surface area contributed by atoms with Crippen LogP contribution in [0.15, 0.2) is 238 Å². The van der Waals surface area contributed by atoms with Gasteiger partial charge >= 0.3 is 6.18 Å². The second kappa shape index (κ2) is 27.5. The van der Waals surface area contributed by atoms with Crippen molar-refractivity contribution in [1.29, 1.82) is 0 Å². The Balaban J connectivity index is 0.000000117. The number of anilines is 5. The molecular weight excluding hydrogens is 1410 g/mol. The zero-order chi connectivity index (χ0) is 75.6. The molecule has 8 aromatic carbocycles. The van der Waals surface area contributed by atoms with Crippen LogP contribution in [0.4, 0.5) is 42.5 Å². The van der Waals surface area contributed by atoms with Gasteiger partial charge in [-0.2, -0.15) is 33.6 Å². The highest BCUT2D eigenvalue weighted by Gasteiger charge is 2.35. The average Bonchev–Trinajstić information content (AvgIpc) is 1.75. The lowest BCUT2D eigenvalue weighted by Gasteiger charge is -2.16. The Morgan fingerprint density at radius 1 is 0.369 bits per heavy atom. The molecule has 0 unspecified atom stereocenters. The molecule has 0 saturated heterocycles. The molecule has 20 rings (SSSR count). The maximum atomic E-state index is 14.1. The van der Waals surface area contributed by atoms with Crippen molar-refractivity contribution in [3.05, 3.63) is 265 Å². The Morgan fingerprint density at radius 2 is 0.775 bits per heavy atom. The fraction of sp³-hybridized carbons (Fsp3) is 0.0610. The molecule has 20 aromatic rings. The molecule has 0 spiro atoms. The number of pyridine rings is 3. The second-order valence-corrected chi connectivity index (χ2v) is 26.4. The van der Waals surface area contributed by atoms with E-state index in [4.69, 9.17) is 58.9 Å². The van der Waals surface area contributed by atoms with Gasteiger partial charge in [-0.05, 0) is 79.2 Å². The van der Waals surface area contributed by atoms with Crippen molar-refractivity contribution in [1.82, 2.24) is 104 Å². The lowest BCUT2D eigenvalue weighted by molar-refractivity contribution is -0.137. The summed E-state index contributed by atoms with van der Waals surface area (Å²) in [6.45, 7) is 3.11. The molecule has 0 atom stereocenters. The van der Waals surface area contributed by atoms with Crippen LogP contribution >= 0.6 is 0 Å². The van der Waals surface area contributed by atoms with Gasteiger partial charge < -0.3 is 38.6 Å². The van der Waals surface area contributed by atoms with Crippen LogP contribution in [-0.4, -0.2) is 104 Å². The van der Waals surface area contributed by atoms with Crippen molar-refractivity contribution >= 4 is 117 Å². The summed E-state index contributed by atoms with van der Waals surface area (Å²) in [5.41, 5.74) is 49.3. The molecule has 0 aliphatic heterocycles. The fourth-order valence-electron chi connectivity index (χ4n) is 14.2. The number of para-hydroxylation sites is 3. The number of fused-ring (bicyclic) bond motifs is 8. The minimum atomic E-state index is -4.57. The summed E-state index contributed by atoms with van der Waals surface area (Å²) in [4.78, 5) is 55.5. The van der Waals surface area contributed by atoms with E-state index in [1.807, 2.05) is 131 Å². The molecule has 29 heteroatoms. The van der Waals surface area contributed by atoms with Gasteiger partial charge in [0.2, 0.25) is 0 Å². The molecule has 0 amide bonds. The van der Waals surface area contributed by atoms with Crippen LogP contribution < -0.4 is 28.7 Å². The van der Waals surface area contributed by atoms with Crippen LogP contribution in [0.1, 0.15) is 27.8 Å². The maximum Gasteiger partial charge on any atom is 0.417 e. The predicted octanol–water partition coefficient (Wildman–Crippen LogP) is 15.0. The van der Waals surface area contributed by atoms with E-state index in [0.29, 0.717) is 109 Å². The van der Waals surface area contributed by atoms with Crippen LogP contribution in [0.3, 0.4) is 0 Å². The van der Waals surface area contributed by atoms with Gasteiger partial charge in [0.05, 0.1) is 103 Å². The number of benzene rings is 8. The largest absolute Gasteiger partial charge is 0.417 e. The molecule has 0 saturated carbocycles. The standard InChI is InChI=1S/C29H20F3N9.C29H23N9.C24H18N8/c30-29(31,32)19-7-3-2-6-18(19)24-17(11-15-5-1-4-8-20(15)37-24)13-41-27-23(26(33)35-14-36-27)25(40-41)16-9-10-21-22(12-16)39-28(34)38-21;1-16-6-2-4-8-20(16)25-19(12-17-7-3-5-9-21(17)34-25)14-38-28-24(27(30)32-15-33-28)26(37-38)18-10-11-22-23(13-18)36-29(31)35-22;25-23-20-22(18-11-28-29-12-18)31-32(24(20)27-14-26-23)13-17-10-16-8-4-5-9-19(16)30-21(17)15-6-2-1-3-7-15/h1-12,14H,13H2,(H2,33,35,36)(H3,34,38,39);2-13,15H,14H2,1H3,(H2,30,32,33)(H3,31,35,36);1-12,14H,13H2,(H,28,29)(H2,25,26,27). The van der Waals surface area contributed by atoms with Gasteiger partial charge in [0.15, 0.2) is 28.8 Å². The molecule has 12 heterocycles. The fourth-order valence-corrected chi connectivity index (χ4v) is 14.2. The first-order valence-corrected chi connectivity index (χ1v) is 34.9. The number of aromatic nitrogens is 21. The maximum absolute atomic E-state index is 14.1. The van der Waals surface area contributed by atoms with Gasteiger partial charge in [-0.25, -0.2) is 68.9 Å². The summed E-state index contributed by atoms with van der Waals surface area (Å²) in [6.07, 6.45) is 3.20. The Hall–Kier alpha value is -15.4. The van der Waals surface area contributed by atoms with Crippen LogP contribution in [0.2, 0.25) is 0 Å². The van der Waals surface area contributed by atoms with Crippen LogP contribution in [0, 0.1) is 6.92 Å². The number of H-pyrrole nitrogens is 3. The highest BCUT2D eigenvalue weighted by molar-refractivity contribution is 6.02. The number of aryl methyl sites for hydroxylation is 1. The van der Waals surface area contributed by atoms with Crippen molar-refractivity contribution < 1.29 is 13.2 Å². The van der Waals surface area contributed by atoms with E-state index in [2.05, 4.69) is 115 Å². The van der Waals surface area contributed by atoms with Gasteiger partial charge in [-0.3, -0.25) is 5.10 Å². The van der Waals surface area contributed by atoms with E-state index in [0.717, 1.165) is 94.6 Å². The summed E-state index contributed by atoms with van der Waals surface area (Å²) in [7, 11) is 0. The lowest BCUT2D eigenvalue weighted by atomic mass is 9.98. The number of nitrogens with zero attached hydrogens (tertiary/aromatic N) is 18. The first-order valence-electron chi connectivity index (χ1n) is 34.9. The van der Waals surface area contributed by atoms with Crippen molar-refractivity contribution in [2.75, 3.05) is 28.7 Å². The molecule has 111 heavy (non-hydrogen) atoms. The van der Waals surface area contributed by atoms with Crippen LogP contribution in [-0.2, 0) is 25.8 Å². The van der Waals surface area contributed by atoms with Crippen LogP contribution in [0.5, 0.6) is 0 Å². The molecule has 13 N–H and O–H groups in total. The number of nitrogen functional groups attached to an aromatic ring is 5. The smallest absolute Gasteiger partial charge is 0.383 e. The topological polar surface area (TPSA) is 386 Å². The molecule has 12 aromatic heterocycles. The number of hydrogen-bond donors (Lipinski definition) is 8. The first kappa shape index (κ1) is 67.5. The van der Waals surface area contributed by atoms with Crippen molar-refractivity contribution in [3.8, 4) is 67.5 Å². The normalized spacial score (nSPS) is 11.7. The monoisotopic (exact) mass is 1470 g/mol. The van der Waals surface area contributed by atoms with Gasteiger partial charge in [0.1, 0.15) is 53.5 Å². The number of alkyl halides is 3. The summed E-state index contributed by atoms with van der Waals surface area (Å²) < 4.78 is 47.6. The molecule has 26 nitrogen and oxygen atoms in total. The Bertz CT molecular complexity index is 6980. The molecule has 0 bridgehead atoms. The molecule has 0 fully saturated rings. The second-order valence-electron chi connectivity index (χ2n) is 26.4.